The lowest BCUT2D eigenvalue weighted by molar-refractivity contribution is -0.274. The number of alkyl halides is 3. The van der Waals surface area contributed by atoms with Gasteiger partial charge < -0.3 is 15.2 Å². The van der Waals surface area contributed by atoms with Crippen molar-refractivity contribution < 1.29 is 22.6 Å². The summed E-state index contributed by atoms with van der Waals surface area (Å²) in [4.78, 5) is 0. The molecule has 0 aliphatic rings. The zero-order valence-electron chi connectivity index (χ0n) is 10.7. The van der Waals surface area contributed by atoms with Gasteiger partial charge in [-0.25, -0.2) is 0 Å². The van der Waals surface area contributed by atoms with Crippen molar-refractivity contribution in [3.8, 4) is 11.5 Å². The topological polar surface area (TPSA) is 44.5 Å². The molecule has 3 nitrogen and oxygen atoms in total. The van der Waals surface area contributed by atoms with Gasteiger partial charge in [0, 0.05) is 5.69 Å². The minimum Gasteiger partial charge on any atom is -0.489 e. The molecule has 0 aliphatic heterocycles. The maximum Gasteiger partial charge on any atom is 0.573 e. The second kappa shape index (κ2) is 6.26. The summed E-state index contributed by atoms with van der Waals surface area (Å²) in [6.07, 6.45) is -4.73. The van der Waals surface area contributed by atoms with Gasteiger partial charge in [0.15, 0.2) is 0 Å². The quantitative estimate of drug-likeness (QED) is 0.814. The minimum atomic E-state index is -4.73. The Kier molecular flexibility index (Phi) is 4.62. The van der Waals surface area contributed by atoms with Crippen LogP contribution in [0.15, 0.2) is 46.9 Å². The molecule has 0 saturated carbocycles. The third-order valence-electron chi connectivity index (χ3n) is 2.49. The summed E-state index contributed by atoms with van der Waals surface area (Å²) >= 11 is 3.01. The Morgan fingerprint density at radius 3 is 2.48 bits per heavy atom. The lowest BCUT2D eigenvalue weighted by Gasteiger charge is -2.12. The van der Waals surface area contributed by atoms with Crippen molar-refractivity contribution in [2.45, 2.75) is 13.0 Å². The summed E-state index contributed by atoms with van der Waals surface area (Å²) in [5, 5.41) is 0. The number of anilines is 1. The SMILES string of the molecule is Nc1cccc(COc2ccc(OC(F)(F)F)c(Br)c2)c1. The van der Waals surface area contributed by atoms with Crippen molar-refractivity contribution in [2.75, 3.05) is 5.73 Å². The Bertz CT molecular complexity index is 632. The van der Waals surface area contributed by atoms with Crippen LogP contribution in [0.1, 0.15) is 5.56 Å². The fraction of sp³-hybridized carbons (Fsp3) is 0.143. The van der Waals surface area contributed by atoms with Crippen LogP contribution in [0.5, 0.6) is 11.5 Å². The zero-order valence-corrected chi connectivity index (χ0v) is 12.2. The monoisotopic (exact) mass is 361 g/mol. The van der Waals surface area contributed by atoms with Crippen LogP contribution in [0.2, 0.25) is 0 Å². The van der Waals surface area contributed by atoms with Gasteiger partial charge >= 0.3 is 6.36 Å². The van der Waals surface area contributed by atoms with Gasteiger partial charge in [-0.1, -0.05) is 12.1 Å². The van der Waals surface area contributed by atoms with Crippen molar-refractivity contribution in [1.82, 2.24) is 0 Å². The zero-order chi connectivity index (χ0) is 15.5. The second-order valence-electron chi connectivity index (χ2n) is 4.17. The maximum atomic E-state index is 12.1. The van der Waals surface area contributed by atoms with E-state index in [-0.39, 0.29) is 16.8 Å². The highest BCUT2D eigenvalue weighted by Crippen LogP contribution is 2.33. The van der Waals surface area contributed by atoms with Crippen molar-refractivity contribution in [2.24, 2.45) is 0 Å². The summed E-state index contributed by atoms with van der Waals surface area (Å²) in [6.45, 7) is 0.261. The Balaban J connectivity index is 2.03. The Morgan fingerprint density at radius 2 is 1.86 bits per heavy atom. The number of nitrogen functional groups attached to an aromatic ring is 1. The smallest absolute Gasteiger partial charge is 0.489 e. The molecule has 0 saturated heterocycles. The second-order valence-corrected chi connectivity index (χ2v) is 5.03. The van der Waals surface area contributed by atoms with Crippen molar-refractivity contribution in [3.63, 3.8) is 0 Å². The van der Waals surface area contributed by atoms with E-state index >= 15 is 0 Å². The van der Waals surface area contributed by atoms with Crippen LogP contribution in [0.4, 0.5) is 18.9 Å². The first-order chi connectivity index (χ1) is 9.83. The molecule has 0 aromatic heterocycles. The van der Waals surface area contributed by atoms with Gasteiger partial charge in [0.2, 0.25) is 0 Å². The summed E-state index contributed by atoms with van der Waals surface area (Å²) in [5.41, 5.74) is 7.12. The first-order valence-corrected chi connectivity index (χ1v) is 6.65. The molecule has 0 heterocycles. The van der Waals surface area contributed by atoms with E-state index in [1.54, 1.807) is 18.2 Å². The van der Waals surface area contributed by atoms with Crippen LogP contribution in [-0.4, -0.2) is 6.36 Å². The molecule has 0 radical (unpaired) electrons. The van der Waals surface area contributed by atoms with Crippen LogP contribution in [0, 0.1) is 0 Å². The molecule has 0 bridgehead atoms. The largest absolute Gasteiger partial charge is 0.573 e. The summed E-state index contributed by atoms with van der Waals surface area (Å²) in [7, 11) is 0. The molecule has 2 aromatic carbocycles. The van der Waals surface area contributed by atoms with Gasteiger partial charge in [-0.2, -0.15) is 0 Å². The molecule has 2 N–H and O–H groups in total. The summed E-state index contributed by atoms with van der Waals surface area (Å²) in [5.74, 6) is 0.0950. The van der Waals surface area contributed by atoms with E-state index in [9.17, 15) is 13.2 Å². The molecular weight excluding hydrogens is 351 g/mol. The van der Waals surface area contributed by atoms with E-state index in [1.165, 1.54) is 18.2 Å². The molecule has 2 aromatic rings. The Labute approximate surface area is 127 Å². The van der Waals surface area contributed by atoms with Crippen LogP contribution in [0.25, 0.3) is 0 Å². The Morgan fingerprint density at radius 1 is 1.10 bits per heavy atom. The molecule has 0 amide bonds. The molecule has 0 spiro atoms. The van der Waals surface area contributed by atoms with Gasteiger partial charge in [-0.3, -0.25) is 0 Å². The lowest BCUT2D eigenvalue weighted by Crippen LogP contribution is -2.17. The molecule has 0 fully saturated rings. The molecule has 0 unspecified atom stereocenters. The van der Waals surface area contributed by atoms with Gasteiger partial charge in [-0.05, 0) is 51.8 Å². The number of rotatable bonds is 4. The molecule has 21 heavy (non-hydrogen) atoms. The predicted octanol–water partition coefficient (Wildman–Crippen LogP) is 4.51. The third-order valence-corrected chi connectivity index (χ3v) is 3.11. The van der Waals surface area contributed by atoms with Crippen molar-refractivity contribution in [3.05, 3.63) is 52.5 Å². The van der Waals surface area contributed by atoms with E-state index in [0.717, 1.165) is 5.56 Å². The average molecular weight is 362 g/mol. The van der Waals surface area contributed by atoms with E-state index in [1.807, 2.05) is 6.07 Å². The van der Waals surface area contributed by atoms with Crippen molar-refractivity contribution >= 4 is 21.6 Å². The van der Waals surface area contributed by atoms with Gasteiger partial charge in [0.25, 0.3) is 0 Å². The van der Waals surface area contributed by atoms with E-state index < -0.39 is 6.36 Å². The highest BCUT2D eigenvalue weighted by molar-refractivity contribution is 9.10. The minimum absolute atomic E-state index is 0.157. The van der Waals surface area contributed by atoms with Gasteiger partial charge in [0.05, 0.1) is 4.47 Å². The third kappa shape index (κ3) is 4.86. The Hall–Kier alpha value is -1.89. The van der Waals surface area contributed by atoms with Crippen molar-refractivity contribution in [1.29, 1.82) is 0 Å². The van der Waals surface area contributed by atoms with E-state index in [4.69, 9.17) is 10.5 Å². The standard InChI is InChI=1S/C14H11BrF3NO2/c15-12-7-11(4-5-13(12)21-14(16,17)18)20-8-9-2-1-3-10(19)6-9/h1-7H,8,19H2. The molecule has 7 heteroatoms. The number of hydrogen-bond acceptors (Lipinski definition) is 3. The highest BCUT2D eigenvalue weighted by Gasteiger charge is 2.31. The number of nitrogens with two attached hydrogens (primary N) is 1. The number of ether oxygens (including phenoxy) is 2. The molecular formula is C14H11BrF3NO2. The normalized spacial score (nSPS) is 11.2. The predicted molar refractivity (Wildman–Crippen MR) is 76.0 cm³/mol. The highest BCUT2D eigenvalue weighted by atomic mass is 79.9. The maximum absolute atomic E-state index is 12.1. The van der Waals surface area contributed by atoms with Crippen LogP contribution in [0.3, 0.4) is 0 Å². The first kappa shape index (κ1) is 15.5. The van der Waals surface area contributed by atoms with Crippen LogP contribution >= 0.6 is 15.9 Å². The number of benzene rings is 2. The van der Waals surface area contributed by atoms with Gasteiger partial charge in [-0.15, -0.1) is 13.2 Å². The summed E-state index contributed by atoms with van der Waals surface area (Å²) in [6, 6.07) is 11.1. The molecule has 0 aliphatic carbocycles. The summed E-state index contributed by atoms with van der Waals surface area (Å²) < 4.78 is 45.9. The average Bonchev–Trinajstić information content (AvgIpc) is 2.38. The fourth-order valence-corrected chi connectivity index (χ4v) is 2.07. The lowest BCUT2D eigenvalue weighted by atomic mass is 10.2. The molecule has 2 rings (SSSR count). The van der Waals surface area contributed by atoms with Gasteiger partial charge in [0.1, 0.15) is 18.1 Å². The van der Waals surface area contributed by atoms with Crippen LogP contribution < -0.4 is 15.2 Å². The number of hydrogen-bond donors (Lipinski definition) is 1. The fourth-order valence-electron chi connectivity index (χ4n) is 1.63. The van der Waals surface area contributed by atoms with E-state index in [2.05, 4.69) is 20.7 Å². The van der Waals surface area contributed by atoms with E-state index in [0.29, 0.717) is 11.4 Å². The van der Waals surface area contributed by atoms with Crippen LogP contribution in [-0.2, 0) is 6.61 Å². The molecule has 0 atom stereocenters. The molecule has 112 valence electrons. The first-order valence-electron chi connectivity index (χ1n) is 5.86. The number of halogens is 4.